The van der Waals surface area contributed by atoms with Gasteiger partial charge >= 0.3 is 6.03 Å². The smallest absolute Gasteiger partial charge is 0.322 e. The Labute approximate surface area is 73.9 Å². The van der Waals surface area contributed by atoms with Gasteiger partial charge in [-0.3, -0.25) is 4.90 Å². The van der Waals surface area contributed by atoms with Crippen molar-refractivity contribution >= 4 is 22.0 Å². The van der Waals surface area contributed by atoms with E-state index in [2.05, 4.69) is 21.2 Å². The van der Waals surface area contributed by atoms with Crippen molar-refractivity contribution in [1.82, 2.24) is 10.2 Å². The first-order valence-corrected chi connectivity index (χ1v) is 4.16. The van der Waals surface area contributed by atoms with Crippen LogP contribution < -0.4 is 5.32 Å². The van der Waals surface area contributed by atoms with Gasteiger partial charge < -0.3 is 5.32 Å². The Bertz CT molecular complexity index is 212. The zero-order valence-electron chi connectivity index (χ0n) is 6.12. The maximum atomic E-state index is 11.1. The van der Waals surface area contributed by atoms with E-state index >= 15 is 0 Å². The molecular formula is C7H9BrN2O. The highest BCUT2D eigenvalue weighted by molar-refractivity contribution is 9.09. The van der Waals surface area contributed by atoms with Gasteiger partial charge in [0.05, 0.1) is 0 Å². The van der Waals surface area contributed by atoms with Crippen molar-refractivity contribution in [1.29, 1.82) is 0 Å². The lowest BCUT2D eigenvalue weighted by atomic mass is 10.4. The summed E-state index contributed by atoms with van der Waals surface area (Å²) in [5.74, 6) is 0. The van der Waals surface area contributed by atoms with Crippen molar-refractivity contribution in [2.45, 2.75) is 4.95 Å². The summed E-state index contributed by atoms with van der Waals surface area (Å²) in [5, 5.41) is 2.54. The predicted octanol–water partition coefficient (Wildman–Crippen LogP) is 1.43. The second-order valence-corrected chi connectivity index (χ2v) is 3.00. The number of amides is 2. The van der Waals surface area contributed by atoms with Crippen molar-refractivity contribution in [3.05, 3.63) is 24.4 Å². The lowest BCUT2D eigenvalue weighted by molar-refractivity contribution is 0.218. The van der Waals surface area contributed by atoms with Crippen LogP contribution in [0.2, 0.25) is 0 Å². The molecule has 2 amide bonds. The Balaban J connectivity index is 2.65. The number of hydrogen-bond acceptors (Lipinski definition) is 1. The SMILES string of the molecule is CNC(=O)N1C=CC=C[C@@H]1Br. The number of nitrogens with zero attached hydrogens (tertiary/aromatic N) is 1. The Hall–Kier alpha value is -0.770. The molecule has 1 N–H and O–H groups in total. The highest BCUT2D eigenvalue weighted by Gasteiger charge is 2.16. The van der Waals surface area contributed by atoms with Crippen molar-refractivity contribution in [3.63, 3.8) is 0 Å². The van der Waals surface area contributed by atoms with E-state index in [0.717, 1.165) is 0 Å². The van der Waals surface area contributed by atoms with Crippen LogP contribution in [0.1, 0.15) is 0 Å². The minimum Gasteiger partial charge on any atom is -0.341 e. The molecule has 0 saturated carbocycles. The van der Waals surface area contributed by atoms with E-state index in [9.17, 15) is 4.79 Å². The van der Waals surface area contributed by atoms with E-state index in [0.29, 0.717) is 0 Å². The molecule has 0 bridgehead atoms. The lowest BCUT2D eigenvalue weighted by Gasteiger charge is -2.23. The standard InChI is InChI=1S/C7H9BrN2O/c1-9-7(11)10-5-3-2-4-6(10)8/h2-6H,1H3,(H,9,11)/t6-/m1/s1. The Morgan fingerprint density at radius 2 is 2.36 bits per heavy atom. The highest BCUT2D eigenvalue weighted by Crippen LogP contribution is 2.13. The summed E-state index contributed by atoms with van der Waals surface area (Å²) in [6.07, 6.45) is 7.30. The van der Waals surface area contributed by atoms with E-state index in [1.807, 2.05) is 18.2 Å². The molecule has 60 valence electrons. The topological polar surface area (TPSA) is 32.3 Å². The molecule has 0 spiro atoms. The zero-order chi connectivity index (χ0) is 8.27. The van der Waals surface area contributed by atoms with Gasteiger partial charge in [-0.2, -0.15) is 0 Å². The molecule has 1 aliphatic rings. The first-order valence-electron chi connectivity index (χ1n) is 3.25. The van der Waals surface area contributed by atoms with Gasteiger partial charge in [0.15, 0.2) is 0 Å². The van der Waals surface area contributed by atoms with Gasteiger partial charge in [-0.15, -0.1) is 0 Å². The summed E-state index contributed by atoms with van der Waals surface area (Å²) in [6.45, 7) is 0. The third kappa shape index (κ3) is 1.83. The van der Waals surface area contributed by atoms with Gasteiger partial charge in [0, 0.05) is 13.2 Å². The fourth-order valence-electron chi connectivity index (χ4n) is 0.782. The number of allylic oxidation sites excluding steroid dienone is 2. The Kier molecular flexibility index (Phi) is 2.70. The summed E-state index contributed by atoms with van der Waals surface area (Å²) in [7, 11) is 1.61. The fraction of sp³-hybridized carbons (Fsp3) is 0.286. The average Bonchev–Trinajstić information content (AvgIpc) is 2.04. The van der Waals surface area contributed by atoms with Crippen molar-refractivity contribution in [2.75, 3.05) is 7.05 Å². The second kappa shape index (κ2) is 3.57. The molecule has 1 aliphatic heterocycles. The van der Waals surface area contributed by atoms with Crippen LogP contribution >= 0.6 is 15.9 Å². The highest BCUT2D eigenvalue weighted by atomic mass is 79.9. The first-order chi connectivity index (χ1) is 5.25. The van der Waals surface area contributed by atoms with Crippen LogP contribution in [0.3, 0.4) is 0 Å². The Morgan fingerprint density at radius 1 is 1.64 bits per heavy atom. The van der Waals surface area contributed by atoms with Crippen LogP contribution in [0, 0.1) is 0 Å². The van der Waals surface area contributed by atoms with Gasteiger partial charge in [-0.05, 0) is 6.08 Å². The van der Waals surface area contributed by atoms with Gasteiger partial charge in [-0.1, -0.05) is 28.1 Å². The molecule has 1 heterocycles. The van der Waals surface area contributed by atoms with E-state index in [1.54, 1.807) is 18.1 Å². The fourth-order valence-corrected chi connectivity index (χ4v) is 1.28. The summed E-state index contributed by atoms with van der Waals surface area (Å²) < 4.78 is 0. The lowest BCUT2D eigenvalue weighted by Crippen LogP contribution is -2.38. The summed E-state index contributed by atoms with van der Waals surface area (Å²) in [6, 6.07) is -0.118. The molecule has 11 heavy (non-hydrogen) atoms. The molecule has 4 heteroatoms. The molecule has 0 unspecified atom stereocenters. The van der Waals surface area contributed by atoms with Crippen LogP contribution in [0.5, 0.6) is 0 Å². The minimum atomic E-state index is -0.118. The molecule has 3 nitrogen and oxygen atoms in total. The molecule has 1 atom stereocenters. The molecule has 0 aliphatic carbocycles. The maximum Gasteiger partial charge on any atom is 0.322 e. The molecule has 0 aromatic carbocycles. The number of rotatable bonds is 0. The largest absolute Gasteiger partial charge is 0.341 e. The zero-order valence-corrected chi connectivity index (χ0v) is 7.71. The number of nitrogens with one attached hydrogen (secondary N) is 1. The van der Waals surface area contributed by atoms with Crippen molar-refractivity contribution in [3.8, 4) is 0 Å². The van der Waals surface area contributed by atoms with Crippen LogP contribution in [-0.4, -0.2) is 22.9 Å². The average molecular weight is 217 g/mol. The maximum absolute atomic E-state index is 11.1. The molecule has 0 aromatic heterocycles. The number of hydrogen-bond donors (Lipinski definition) is 1. The molecule has 0 saturated heterocycles. The molecular weight excluding hydrogens is 208 g/mol. The second-order valence-electron chi connectivity index (χ2n) is 2.06. The van der Waals surface area contributed by atoms with Crippen LogP contribution in [0.4, 0.5) is 4.79 Å². The van der Waals surface area contributed by atoms with E-state index in [1.165, 1.54) is 0 Å². The quantitative estimate of drug-likeness (QED) is 0.483. The third-order valence-corrected chi connectivity index (χ3v) is 2.09. The van der Waals surface area contributed by atoms with Gasteiger partial charge in [0.2, 0.25) is 0 Å². The number of halogens is 1. The van der Waals surface area contributed by atoms with E-state index < -0.39 is 0 Å². The number of carbonyl (C=O) groups excluding carboxylic acids is 1. The number of urea groups is 1. The minimum absolute atomic E-state index is 0.0348. The summed E-state index contributed by atoms with van der Waals surface area (Å²) in [5.41, 5.74) is 0. The first kappa shape index (κ1) is 8.33. The van der Waals surface area contributed by atoms with Crippen molar-refractivity contribution < 1.29 is 4.79 Å². The number of carbonyl (C=O) groups is 1. The van der Waals surface area contributed by atoms with Gasteiger partial charge in [0.25, 0.3) is 0 Å². The molecule has 1 rings (SSSR count). The molecule has 0 aromatic rings. The molecule has 0 fully saturated rings. The Morgan fingerprint density at radius 3 is 2.91 bits per heavy atom. The van der Waals surface area contributed by atoms with E-state index in [-0.39, 0.29) is 11.0 Å². The number of alkyl halides is 1. The van der Waals surface area contributed by atoms with Crippen LogP contribution in [0.25, 0.3) is 0 Å². The van der Waals surface area contributed by atoms with E-state index in [4.69, 9.17) is 0 Å². The van der Waals surface area contributed by atoms with Gasteiger partial charge in [0.1, 0.15) is 4.95 Å². The van der Waals surface area contributed by atoms with Crippen LogP contribution in [0.15, 0.2) is 24.4 Å². The monoisotopic (exact) mass is 216 g/mol. The summed E-state index contributed by atoms with van der Waals surface area (Å²) in [4.78, 5) is 12.6. The molecule has 0 radical (unpaired) electrons. The van der Waals surface area contributed by atoms with Crippen LogP contribution in [-0.2, 0) is 0 Å². The predicted molar refractivity (Wildman–Crippen MR) is 47.3 cm³/mol. The van der Waals surface area contributed by atoms with Crippen molar-refractivity contribution in [2.24, 2.45) is 0 Å². The third-order valence-electron chi connectivity index (χ3n) is 1.34. The van der Waals surface area contributed by atoms with Gasteiger partial charge in [-0.25, -0.2) is 4.79 Å². The summed E-state index contributed by atoms with van der Waals surface area (Å²) >= 11 is 3.32. The normalized spacial score (nSPS) is 22.0.